The van der Waals surface area contributed by atoms with E-state index in [2.05, 4.69) is 5.32 Å². The third-order valence-corrected chi connectivity index (χ3v) is 3.68. The maximum Gasteiger partial charge on any atom is 0.222 e. The van der Waals surface area contributed by atoms with Gasteiger partial charge in [-0.15, -0.1) is 0 Å². The van der Waals surface area contributed by atoms with E-state index in [4.69, 9.17) is 15.2 Å². The molecule has 2 fully saturated rings. The number of carbonyl (C=O) groups excluding carboxylic acids is 1. The second-order valence-corrected chi connectivity index (χ2v) is 4.76. The molecule has 1 heterocycles. The van der Waals surface area contributed by atoms with Crippen LogP contribution in [0.5, 0.6) is 0 Å². The van der Waals surface area contributed by atoms with Crippen molar-refractivity contribution in [3.8, 4) is 0 Å². The zero-order valence-corrected chi connectivity index (χ0v) is 10.4. The fourth-order valence-corrected chi connectivity index (χ4v) is 2.69. The lowest BCUT2D eigenvalue weighted by molar-refractivity contribution is -0.140. The van der Waals surface area contributed by atoms with E-state index in [1.807, 2.05) is 6.92 Å². The van der Waals surface area contributed by atoms with Crippen LogP contribution in [-0.2, 0) is 14.3 Å². The van der Waals surface area contributed by atoms with Gasteiger partial charge in [0, 0.05) is 31.6 Å². The van der Waals surface area contributed by atoms with E-state index in [9.17, 15) is 4.79 Å². The molecular formula is C12H22N2O3. The maximum absolute atomic E-state index is 11.6. The second-order valence-electron chi connectivity index (χ2n) is 4.76. The van der Waals surface area contributed by atoms with Crippen molar-refractivity contribution in [2.75, 3.05) is 19.8 Å². The van der Waals surface area contributed by atoms with Crippen molar-refractivity contribution in [3.05, 3.63) is 0 Å². The van der Waals surface area contributed by atoms with Crippen LogP contribution in [0.2, 0.25) is 0 Å². The number of hydrogen-bond donors (Lipinski definition) is 2. The smallest absolute Gasteiger partial charge is 0.222 e. The Morgan fingerprint density at radius 2 is 2.41 bits per heavy atom. The number of fused-ring (bicyclic) bond motifs is 1. The molecule has 1 saturated heterocycles. The lowest BCUT2D eigenvalue weighted by Gasteiger charge is -2.52. The molecule has 1 saturated carbocycles. The molecule has 2 aliphatic rings. The van der Waals surface area contributed by atoms with Crippen molar-refractivity contribution >= 4 is 5.91 Å². The van der Waals surface area contributed by atoms with Crippen LogP contribution >= 0.6 is 0 Å². The first-order valence-electron chi connectivity index (χ1n) is 6.48. The van der Waals surface area contributed by atoms with Crippen molar-refractivity contribution < 1.29 is 14.3 Å². The molecule has 1 aliphatic carbocycles. The van der Waals surface area contributed by atoms with Crippen molar-refractivity contribution in [3.63, 3.8) is 0 Å². The van der Waals surface area contributed by atoms with Crippen molar-refractivity contribution in [1.29, 1.82) is 0 Å². The first-order valence-corrected chi connectivity index (χ1v) is 6.48. The average Bonchev–Trinajstić information content (AvgIpc) is 2.36. The zero-order valence-electron chi connectivity index (χ0n) is 10.4. The predicted octanol–water partition coefficient (Wildman–Crippen LogP) is 0.0339. The topological polar surface area (TPSA) is 73.6 Å². The van der Waals surface area contributed by atoms with Crippen molar-refractivity contribution in [2.24, 2.45) is 11.7 Å². The number of amides is 1. The molecule has 4 atom stereocenters. The van der Waals surface area contributed by atoms with E-state index < -0.39 is 0 Å². The van der Waals surface area contributed by atoms with E-state index >= 15 is 0 Å². The molecule has 0 bridgehead atoms. The Balaban J connectivity index is 1.73. The lowest BCUT2D eigenvalue weighted by Crippen LogP contribution is -2.72. The molecule has 98 valence electrons. The normalized spacial score (nSPS) is 35.9. The third kappa shape index (κ3) is 2.78. The summed E-state index contributed by atoms with van der Waals surface area (Å²) in [6.07, 6.45) is 2.74. The van der Waals surface area contributed by atoms with Gasteiger partial charge in [-0.1, -0.05) is 0 Å². The van der Waals surface area contributed by atoms with Gasteiger partial charge in [0.25, 0.3) is 0 Å². The maximum atomic E-state index is 11.6. The highest BCUT2D eigenvalue weighted by molar-refractivity contribution is 5.76. The summed E-state index contributed by atoms with van der Waals surface area (Å²) in [5.74, 6) is 0.437. The summed E-state index contributed by atoms with van der Waals surface area (Å²) in [4.78, 5) is 11.6. The van der Waals surface area contributed by atoms with Gasteiger partial charge in [-0.3, -0.25) is 4.79 Å². The molecule has 0 radical (unpaired) electrons. The Morgan fingerprint density at radius 3 is 3.18 bits per heavy atom. The molecule has 3 N–H and O–H groups in total. The highest BCUT2D eigenvalue weighted by atomic mass is 16.5. The Bertz CT molecular complexity index is 272. The van der Waals surface area contributed by atoms with Gasteiger partial charge in [0.1, 0.15) is 0 Å². The zero-order chi connectivity index (χ0) is 12.3. The standard InChI is InChI=1S/C12H22N2O3/c1-2-16-7-5-9(15)14-11-10(13)8-4-3-6-17-12(8)11/h8,10-12H,2-7,13H2,1H3,(H,14,15). The summed E-state index contributed by atoms with van der Waals surface area (Å²) in [5.41, 5.74) is 6.05. The van der Waals surface area contributed by atoms with Gasteiger partial charge in [0.05, 0.1) is 18.8 Å². The van der Waals surface area contributed by atoms with Gasteiger partial charge >= 0.3 is 0 Å². The lowest BCUT2D eigenvalue weighted by atomic mass is 9.68. The van der Waals surface area contributed by atoms with E-state index in [0.29, 0.717) is 25.6 Å². The molecule has 5 heteroatoms. The van der Waals surface area contributed by atoms with Gasteiger partial charge in [0.15, 0.2) is 0 Å². The van der Waals surface area contributed by atoms with E-state index in [-0.39, 0.29) is 24.1 Å². The van der Waals surface area contributed by atoms with Gasteiger partial charge in [-0.05, 0) is 19.8 Å². The van der Waals surface area contributed by atoms with E-state index in [0.717, 1.165) is 19.4 Å². The van der Waals surface area contributed by atoms with E-state index in [1.54, 1.807) is 0 Å². The van der Waals surface area contributed by atoms with Crippen LogP contribution in [0, 0.1) is 5.92 Å². The van der Waals surface area contributed by atoms with Crippen LogP contribution in [0.15, 0.2) is 0 Å². The van der Waals surface area contributed by atoms with E-state index in [1.165, 1.54) is 0 Å². The molecule has 5 nitrogen and oxygen atoms in total. The summed E-state index contributed by atoms with van der Waals surface area (Å²) in [6, 6.07) is 0.0470. The summed E-state index contributed by atoms with van der Waals surface area (Å²) >= 11 is 0. The Morgan fingerprint density at radius 1 is 1.59 bits per heavy atom. The number of nitrogens with two attached hydrogens (primary N) is 1. The molecule has 1 aliphatic heterocycles. The fraction of sp³-hybridized carbons (Fsp3) is 0.917. The van der Waals surface area contributed by atoms with Crippen LogP contribution < -0.4 is 11.1 Å². The minimum atomic E-state index is -0.00516. The molecule has 1 amide bonds. The summed E-state index contributed by atoms with van der Waals surface area (Å²) in [6.45, 7) is 3.82. The average molecular weight is 242 g/mol. The molecule has 17 heavy (non-hydrogen) atoms. The molecule has 0 aromatic rings. The summed E-state index contributed by atoms with van der Waals surface area (Å²) in [5, 5.41) is 2.96. The molecule has 0 spiro atoms. The number of carbonyl (C=O) groups is 1. The number of nitrogens with one attached hydrogen (secondary N) is 1. The summed E-state index contributed by atoms with van der Waals surface area (Å²) < 4.78 is 10.8. The highest BCUT2D eigenvalue weighted by Gasteiger charge is 2.50. The molecule has 4 unspecified atom stereocenters. The first-order chi connectivity index (χ1) is 8.24. The number of ether oxygens (including phenoxy) is 2. The predicted molar refractivity (Wildman–Crippen MR) is 63.5 cm³/mol. The molecule has 0 aromatic heterocycles. The Labute approximate surface area is 102 Å². The Kier molecular flexibility index (Phi) is 4.36. The van der Waals surface area contributed by atoms with Crippen molar-refractivity contribution in [2.45, 2.75) is 44.4 Å². The van der Waals surface area contributed by atoms with Crippen LogP contribution in [-0.4, -0.2) is 43.9 Å². The molecular weight excluding hydrogens is 220 g/mol. The molecule has 2 rings (SSSR count). The first kappa shape index (κ1) is 12.8. The fourth-order valence-electron chi connectivity index (χ4n) is 2.69. The Hall–Kier alpha value is -0.650. The van der Waals surface area contributed by atoms with Gasteiger partial charge in [-0.2, -0.15) is 0 Å². The second kappa shape index (κ2) is 5.80. The highest BCUT2D eigenvalue weighted by Crippen LogP contribution is 2.36. The van der Waals surface area contributed by atoms with Crippen molar-refractivity contribution in [1.82, 2.24) is 5.32 Å². The van der Waals surface area contributed by atoms with Gasteiger partial charge < -0.3 is 20.5 Å². The van der Waals surface area contributed by atoms with Crippen LogP contribution in [0.3, 0.4) is 0 Å². The monoisotopic (exact) mass is 242 g/mol. The SMILES string of the molecule is CCOCCC(=O)NC1C(N)C2CCCOC21. The minimum absolute atomic E-state index is 0.00516. The van der Waals surface area contributed by atoms with Gasteiger partial charge in [0.2, 0.25) is 5.91 Å². The molecule has 0 aromatic carbocycles. The number of hydrogen-bond acceptors (Lipinski definition) is 4. The quantitative estimate of drug-likeness (QED) is 0.667. The third-order valence-electron chi connectivity index (χ3n) is 3.68. The van der Waals surface area contributed by atoms with Gasteiger partial charge in [-0.25, -0.2) is 0 Å². The summed E-state index contributed by atoms with van der Waals surface area (Å²) in [7, 11) is 0. The minimum Gasteiger partial charge on any atom is -0.381 e. The largest absolute Gasteiger partial charge is 0.381 e. The van der Waals surface area contributed by atoms with Crippen LogP contribution in [0.4, 0.5) is 0 Å². The van der Waals surface area contributed by atoms with Crippen LogP contribution in [0.25, 0.3) is 0 Å². The number of rotatable bonds is 5. The van der Waals surface area contributed by atoms with Crippen LogP contribution in [0.1, 0.15) is 26.2 Å².